The molecule has 0 saturated carbocycles. The summed E-state index contributed by atoms with van der Waals surface area (Å²) in [5, 5.41) is 12.4. The Labute approximate surface area is 108 Å². The van der Waals surface area contributed by atoms with Crippen molar-refractivity contribution in [3.8, 4) is 0 Å². The van der Waals surface area contributed by atoms with E-state index in [1.165, 1.54) is 0 Å². The highest BCUT2D eigenvalue weighted by atomic mass is 32.1. The SMILES string of the molecule is Cc1ncc(CNc2nnc3ccccc3n2)s1. The second-order valence-corrected chi connectivity index (χ2v) is 5.14. The van der Waals surface area contributed by atoms with Gasteiger partial charge in [-0.3, -0.25) is 0 Å². The van der Waals surface area contributed by atoms with Crippen LogP contribution >= 0.6 is 11.3 Å². The molecule has 0 aliphatic heterocycles. The summed E-state index contributed by atoms with van der Waals surface area (Å²) in [6, 6.07) is 7.68. The van der Waals surface area contributed by atoms with Crippen molar-refractivity contribution in [2.24, 2.45) is 0 Å². The number of nitrogens with zero attached hydrogens (tertiary/aromatic N) is 4. The van der Waals surface area contributed by atoms with E-state index in [2.05, 4.69) is 25.5 Å². The molecule has 0 fully saturated rings. The van der Waals surface area contributed by atoms with Gasteiger partial charge < -0.3 is 5.32 Å². The Morgan fingerprint density at radius 2 is 2.00 bits per heavy atom. The predicted molar refractivity (Wildman–Crippen MR) is 71.5 cm³/mol. The quantitative estimate of drug-likeness (QED) is 0.780. The van der Waals surface area contributed by atoms with Crippen molar-refractivity contribution in [3.63, 3.8) is 0 Å². The van der Waals surface area contributed by atoms with Crippen molar-refractivity contribution in [3.05, 3.63) is 40.3 Å². The predicted octanol–water partition coefficient (Wildman–Crippen LogP) is 2.40. The summed E-state index contributed by atoms with van der Waals surface area (Å²) in [4.78, 5) is 9.75. The number of benzene rings is 1. The molecule has 0 aliphatic rings. The summed E-state index contributed by atoms with van der Waals surface area (Å²) in [7, 11) is 0. The molecule has 1 aromatic carbocycles. The Morgan fingerprint density at radius 3 is 2.78 bits per heavy atom. The number of hydrogen-bond donors (Lipinski definition) is 1. The largest absolute Gasteiger partial charge is 0.348 e. The molecule has 0 radical (unpaired) electrons. The molecule has 3 rings (SSSR count). The molecule has 0 bridgehead atoms. The number of nitrogens with one attached hydrogen (secondary N) is 1. The minimum atomic E-state index is 0.541. The molecule has 0 spiro atoms. The number of fused-ring (bicyclic) bond motifs is 1. The molecular formula is C12H11N5S. The molecule has 1 N–H and O–H groups in total. The lowest BCUT2D eigenvalue weighted by Crippen LogP contribution is -2.03. The van der Waals surface area contributed by atoms with Crippen molar-refractivity contribution in [1.29, 1.82) is 0 Å². The highest BCUT2D eigenvalue weighted by molar-refractivity contribution is 7.11. The third kappa shape index (κ3) is 2.28. The number of aromatic nitrogens is 4. The normalized spacial score (nSPS) is 10.7. The summed E-state index contributed by atoms with van der Waals surface area (Å²) < 4.78 is 0. The van der Waals surface area contributed by atoms with E-state index in [9.17, 15) is 0 Å². The maximum Gasteiger partial charge on any atom is 0.243 e. The lowest BCUT2D eigenvalue weighted by molar-refractivity contribution is 0.989. The number of aryl methyl sites for hydroxylation is 1. The molecule has 18 heavy (non-hydrogen) atoms. The van der Waals surface area contributed by atoms with Crippen LogP contribution in [-0.4, -0.2) is 20.2 Å². The Bertz CT molecular complexity index is 679. The summed E-state index contributed by atoms with van der Waals surface area (Å²) in [5.41, 5.74) is 1.65. The van der Waals surface area contributed by atoms with Crippen LogP contribution in [-0.2, 0) is 6.54 Å². The van der Waals surface area contributed by atoms with Crippen LogP contribution < -0.4 is 5.32 Å². The Kier molecular flexibility index (Phi) is 2.85. The van der Waals surface area contributed by atoms with Gasteiger partial charge in [0.1, 0.15) is 5.52 Å². The average molecular weight is 257 g/mol. The van der Waals surface area contributed by atoms with Crippen molar-refractivity contribution >= 4 is 28.3 Å². The van der Waals surface area contributed by atoms with Crippen LogP contribution in [0.15, 0.2) is 30.5 Å². The standard InChI is InChI=1S/C12H11N5S/c1-8-13-6-9(18-8)7-14-12-15-10-4-2-3-5-11(10)16-17-12/h2-6H,7H2,1H3,(H,14,15,17). The summed E-state index contributed by atoms with van der Waals surface area (Å²) >= 11 is 1.66. The maximum absolute atomic E-state index is 4.40. The van der Waals surface area contributed by atoms with Crippen LogP contribution in [0.4, 0.5) is 5.95 Å². The fourth-order valence-electron chi connectivity index (χ4n) is 1.61. The Hall–Kier alpha value is -2.08. The second-order valence-electron chi connectivity index (χ2n) is 3.82. The van der Waals surface area contributed by atoms with E-state index in [4.69, 9.17) is 0 Å². The zero-order chi connectivity index (χ0) is 12.4. The van der Waals surface area contributed by atoms with Gasteiger partial charge in [-0.05, 0) is 19.1 Å². The molecule has 6 heteroatoms. The molecule has 5 nitrogen and oxygen atoms in total. The summed E-state index contributed by atoms with van der Waals surface area (Å²) in [6.45, 7) is 2.66. The number of anilines is 1. The zero-order valence-corrected chi connectivity index (χ0v) is 10.6. The first-order valence-electron chi connectivity index (χ1n) is 5.56. The minimum Gasteiger partial charge on any atom is -0.348 e. The maximum atomic E-state index is 4.40. The number of thiazole rings is 1. The monoisotopic (exact) mass is 257 g/mol. The fourth-order valence-corrected chi connectivity index (χ4v) is 2.34. The van der Waals surface area contributed by atoms with E-state index >= 15 is 0 Å². The van der Waals surface area contributed by atoms with Crippen molar-refractivity contribution in [2.75, 3.05) is 5.32 Å². The van der Waals surface area contributed by atoms with Gasteiger partial charge >= 0.3 is 0 Å². The van der Waals surface area contributed by atoms with Gasteiger partial charge in [0, 0.05) is 11.1 Å². The summed E-state index contributed by atoms with van der Waals surface area (Å²) in [5.74, 6) is 0.541. The zero-order valence-electron chi connectivity index (χ0n) is 9.79. The van der Waals surface area contributed by atoms with E-state index in [1.54, 1.807) is 11.3 Å². The second kappa shape index (κ2) is 4.66. The van der Waals surface area contributed by atoms with Crippen LogP contribution in [0.3, 0.4) is 0 Å². The molecule has 3 aromatic rings. The van der Waals surface area contributed by atoms with Crippen molar-refractivity contribution in [2.45, 2.75) is 13.5 Å². The molecular weight excluding hydrogens is 246 g/mol. The first-order chi connectivity index (χ1) is 8.81. The van der Waals surface area contributed by atoms with Crippen LogP contribution in [0.25, 0.3) is 11.0 Å². The third-order valence-electron chi connectivity index (χ3n) is 2.45. The molecule has 0 amide bonds. The third-order valence-corrected chi connectivity index (χ3v) is 3.36. The van der Waals surface area contributed by atoms with E-state index in [0.29, 0.717) is 12.5 Å². The lowest BCUT2D eigenvalue weighted by Gasteiger charge is -2.02. The van der Waals surface area contributed by atoms with Crippen LogP contribution in [0, 0.1) is 6.92 Å². The first-order valence-corrected chi connectivity index (χ1v) is 6.37. The van der Waals surface area contributed by atoms with E-state index < -0.39 is 0 Å². The highest BCUT2D eigenvalue weighted by Crippen LogP contribution is 2.13. The first kappa shape index (κ1) is 11.0. The van der Waals surface area contributed by atoms with E-state index in [0.717, 1.165) is 20.9 Å². The van der Waals surface area contributed by atoms with Gasteiger partial charge in [0.15, 0.2) is 0 Å². The highest BCUT2D eigenvalue weighted by Gasteiger charge is 2.02. The van der Waals surface area contributed by atoms with E-state index in [1.807, 2.05) is 37.4 Å². The van der Waals surface area contributed by atoms with Crippen LogP contribution in [0.5, 0.6) is 0 Å². The Morgan fingerprint density at radius 1 is 1.17 bits per heavy atom. The molecule has 2 aromatic heterocycles. The molecule has 0 aliphatic carbocycles. The average Bonchev–Trinajstić information content (AvgIpc) is 2.82. The van der Waals surface area contributed by atoms with E-state index in [-0.39, 0.29) is 0 Å². The molecule has 0 unspecified atom stereocenters. The van der Waals surface area contributed by atoms with Gasteiger partial charge in [-0.1, -0.05) is 12.1 Å². The van der Waals surface area contributed by atoms with Crippen molar-refractivity contribution < 1.29 is 0 Å². The summed E-state index contributed by atoms with van der Waals surface area (Å²) in [6.07, 6.45) is 1.86. The minimum absolute atomic E-state index is 0.541. The molecule has 90 valence electrons. The van der Waals surface area contributed by atoms with Gasteiger partial charge in [0.05, 0.1) is 17.1 Å². The smallest absolute Gasteiger partial charge is 0.243 e. The van der Waals surface area contributed by atoms with Gasteiger partial charge in [-0.25, -0.2) is 9.97 Å². The fraction of sp³-hybridized carbons (Fsp3) is 0.167. The lowest BCUT2D eigenvalue weighted by atomic mass is 10.3. The molecule has 0 saturated heterocycles. The van der Waals surface area contributed by atoms with Gasteiger partial charge in [-0.2, -0.15) is 0 Å². The molecule has 0 atom stereocenters. The topological polar surface area (TPSA) is 63.6 Å². The number of rotatable bonds is 3. The number of para-hydroxylation sites is 1. The Balaban J connectivity index is 1.78. The molecule has 2 heterocycles. The van der Waals surface area contributed by atoms with Gasteiger partial charge in [0.25, 0.3) is 0 Å². The van der Waals surface area contributed by atoms with Gasteiger partial charge in [-0.15, -0.1) is 21.5 Å². The van der Waals surface area contributed by atoms with Gasteiger partial charge in [0.2, 0.25) is 5.95 Å². The van der Waals surface area contributed by atoms with Crippen LogP contribution in [0.1, 0.15) is 9.88 Å². The van der Waals surface area contributed by atoms with Crippen LogP contribution in [0.2, 0.25) is 0 Å². The number of hydrogen-bond acceptors (Lipinski definition) is 6. The van der Waals surface area contributed by atoms with Crippen molar-refractivity contribution in [1.82, 2.24) is 20.2 Å².